The van der Waals surface area contributed by atoms with Crippen molar-refractivity contribution in [2.45, 2.75) is 19.4 Å². The molecule has 0 bridgehead atoms. The van der Waals surface area contributed by atoms with Crippen LogP contribution in [0.25, 0.3) is 11.2 Å². The molecule has 0 spiro atoms. The maximum Gasteiger partial charge on any atom is 0.165 e. The van der Waals surface area contributed by atoms with Crippen molar-refractivity contribution in [2.75, 3.05) is 11.9 Å². The molecule has 0 saturated carbocycles. The molecule has 5 nitrogen and oxygen atoms in total. The minimum atomic E-state index is 0.232. The van der Waals surface area contributed by atoms with E-state index in [0.29, 0.717) is 0 Å². The molecule has 26 heavy (non-hydrogen) atoms. The molecule has 0 amide bonds. The third kappa shape index (κ3) is 3.16. The average Bonchev–Trinajstić information content (AvgIpc) is 3.14. The Labute approximate surface area is 152 Å². The van der Waals surface area contributed by atoms with Crippen molar-refractivity contribution in [1.82, 2.24) is 19.5 Å². The highest BCUT2D eigenvalue weighted by Gasteiger charge is 2.16. The Balaban J connectivity index is 1.64. The summed E-state index contributed by atoms with van der Waals surface area (Å²) in [5, 5.41) is 3.50. The van der Waals surface area contributed by atoms with Crippen LogP contribution in [-0.4, -0.2) is 26.1 Å². The molecule has 0 aliphatic carbocycles. The maximum atomic E-state index is 4.49. The molecule has 4 rings (SSSR count). The fourth-order valence-corrected chi connectivity index (χ4v) is 3.24. The Morgan fingerprint density at radius 2 is 1.54 bits per heavy atom. The molecule has 0 atom stereocenters. The van der Waals surface area contributed by atoms with E-state index in [0.717, 1.165) is 30.1 Å². The number of aryl methyl sites for hydroxylation is 1. The number of nitrogens with zero attached hydrogens (tertiary/aromatic N) is 4. The Morgan fingerprint density at radius 1 is 0.885 bits per heavy atom. The van der Waals surface area contributed by atoms with Gasteiger partial charge in [0.2, 0.25) is 0 Å². The molecule has 2 heterocycles. The number of aromatic nitrogens is 4. The lowest BCUT2D eigenvalue weighted by Crippen LogP contribution is -2.15. The van der Waals surface area contributed by atoms with Crippen molar-refractivity contribution in [2.24, 2.45) is 0 Å². The van der Waals surface area contributed by atoms with Gasteiger partial charge in [-0.3, -0.25) is 0 Å². The molecule has 130 valence electrons. The standard InChI is InChI=1S/C21H21N5/c1-2-26-15-25-19-20(23-14-24-21(19)26)22-13-18(16-9-5-3-6-10-16)17-11-7-4-8-12-17/h3-12,14-15,18H,2,13H2,1H3,(H,22,23,24). The molecule has 0 radical (unpaired) electrons. The lowest BCUT2D eigenvalue weighted by molar-refractivity contribution is 0.777. The highest BCUT2D eigenvalue weighted by atomic mass is 15.1. The van der Waals surface area contributed by atoms with Gasteiger partial charge in [-0.2, -0.15) is 0 Å². The quantitative estimate of drug-likeness (QED) is 0.573. The van der Waals surface area contributed by atoms with Crippen molar-refractivity contribution in [3.63, 3.8) is 0 Å². The van der Waals surface area contributed by atoms with Gasteiger partial charge in [0.15, 0.2) is 11.5 Å². The topological polar surface area (TPSA) is 55.6 Å². The predicted molar refractivity (Wildman–Crippen MR) is 104 cm³/mol. The first kappa shape index (κ1) is 16.3. The van der Waals surface area contributed by atoms with Gasteiger partial charge in [-0.05, 0) is 18.1 Å². The molecule has 0 aliphatic rings. The molecule has 1 N–H and O–H groups in total. The molecular weight excluding hydrogens is 322 g/mol. The lowest BCUT2D eigenvalue weighted by Gasteiger charge is -2.19. The number of fused-ring (bicyclic) bond motifs is 1. The first-order valence-corrected chi connectivity index (χ1v) is 8.86. The van der Waals surface area contributed by atoms with Gasteiger partial charge in [0.25, 0.3) is 0 Å². The summed E-state index contributed by atoms with van der Waals surface area (Å²) < 4.78 is 2.02. The SMILES string of the molecule is CCn1cnc2c(NCC(c3ccccc3)c3ccccc3)ncnc21. The van der Waals surface area contributed by atoms with Crippen molar-refractivity contribution >= 4 is 17.0 Å². The van der Waals surface area contributed by atoms with E-state index < -0.39 is 0 Å². The van der Waals surface area contributed by atoms with E-state index in [1.807, 2.05) is 23.0 Å². The first-order valence-electron chi connectivity index (χ1n) is 8.86. The summed E-state index contributed by atoms with van der Waals surface area (Å²) in [6, 6.07) is 21.1. The van der Waals surface area contributed by atoms with Crippen LogP contribution < -0.4 is 5.32 Å². The monoisotopic (exact) mass is 343 g/mol. The highest BCUT2D eigenvalue weighted by molar-refractivity contribution is 5.82. The van der Waals surface area contributed by atoms with Crippen LogP contribution in [0.15, 0.2) is 73.3 Å². The van der Waals surface area contributed by atoms with Gasteiger partial charge < -0.3 is 9.88 Å². The van der Waals surface area contributed by atoms with Crippen molar-refractivity contribution in [1.29, 1.82) is 0 Å². The zero-order valence-corrected chi connectivity index (χ0v) is 14.7. The van der Waals surface area contributed by atoms with E-state index in [1.54, 1.807) is 6.33 Å². The normalized spacial score (nSPS) is 11.2. The van der Waals surface area contributed by atoms with Gasteiger partial charge in [-0.1, -0.05) is 60.7 Å². The zero-order valence-electron chi connectivity index (χ0n) is 14.7. The molecular formula is C21H21N5. The smallest absolute Gasteiger partial charge is 0.165 e. The van der Waals surface area contributed by atoms with Crippen LogP contribution in [-0.2, 0) is 6.54 Å². The number of imidazole rings is 1. The van der Waals surface area contributed by atoms with Gasteiger partial charge in [0.05, 0.1) is 6.33 Å². The second kappa shape index (κ2) is 7.35. The minimum Gasteiger partial charge on any atom is -0.367 e. The van der Waals surface area contributed by atoms with Gasteiger partial charge in [-0.25, -0.2) is 15.0 Å². The third-order valence-electron chi connectivity index (χ3n) is 4.62. The molecule has 0 saturated heterocycles. The first-order chi connectivity index (χ1) is 12.9. The largest absolute Gasteiger partial charge is 0.367 e. The van der Waals surface area contributed by atoms with Crippen molar-refractivity contribution < 1.29 is 0 Å². The Morgan fingerprint density at radius 3 is 2.15 bits per heavy atom. The van der Waals surface area contributed by atoms with E-state index >= 15 is 0 Å². The van der Waals surface area contributed by atoms with E-state index in [9.17, 15) is 0 Å². The zero-order chi connectivity index (χ0) is 17.8. The maximum absolute atomic E-state index is 4.49. The molecule has 0 aliphatic heterocycles. The van der Waals surface area contributed by atoms with E-state index in [4.69, 9.17) is 0 Å². The fourth-order valence-electron chi connectivity index (χ4n) is 3.24. The summed E-state index contributed by atoms with van der Waals surface area (Å²) in [5.74, 6) is 1.01. The number of nitrogens with one attached hydrogen (secondary N) is 1. The van der Waals surface area contributed by atoms with Crippen molar-refractivity contribution in [3.05, 3.63) is 84.4 Å². The second-order valence-corrected chi connectivity index (χ2v) is 6.18. The van der Waals surface area contributed by atoms with Crippen LogP contribution in [0.4, 0.5) is 5.82 Å². The summed E-state index contributed by atoms with van der Waals surface area (Å²) in [4.78, 5) is 13.3. The Bertz CT molecular complexity index is 940. The third-order valence-corrected chi connectivity index (χ3v) is 4.62. The van der Waals surface area contributed by atoms with Gasteiger partial charge in [0, 0.05) is 19.0 Å². The van der Waals surface area contributed by atoms with Crippen LogP contribution in [0.5, 0.6) is 0 Å². The van der Waals surface area contributed by atoms with Crippen molar-refractivity contribution in [3.8, 4) is 0 Å². The Hall–Kier alpha value is -3.21. The number of benzene rings is 2. The summed E-state index contributed by atoms with van der Waals surface area (Å²) in [7, 11) is 0. The molecule has 4 aromatic rings. The molecule has 2 aromatic carbocycles. The van der Waals surface area contributed by atoms with E-state index in [2.05, 4.69) is 75.7 Å². The second-order valence-electron chi connectivity index (χ2n) is 6.18. The van der Waals surface area contributed by atoms with Gasteiger partial charge >= 0.3 is 0 Å². The minimum absolute atomic E-state index is 0.232. The summed E-state index contributed by atoms with van der Waals surface area (Å²) >= 11 is 0. The number of rotatable bonds is 6. The fraction of sp³-hybridized carbons (Fsp3) is 0.190. The number of hydrogen-bond donors (Lipinski definition) is 1. The molecule has 0 unspecified atom stereocenters. The van der Waals surface area contributed by atoms with Gasteiger partial charge in [0.1, 0.15) is 11.8 Å². The van der Waals surface area contributed by atoms with Crippen LogP contribution >= 0.6 is 0 Å². The summed E-state index contributed by atoms with van der Waals surface area (Å²) in [6.45, 7) is 3.65. The van der Waals surface area contributed by atoms with E-state index in [-0.39, 0.29) is 5.92 Å². The number of anilines is 1. The summed E-state index contributed by atoms with van der Waals surface area (Å²) in [5.41, 5.74) is 4.22. The summed E-state index contributed by atoms with van der Waals surface area (Å²) in [6.07, 6.45) is 3.41. The van der Waals surface area contributed by atoms with Crippen LogP contribution in [0, 0.1) is 0 Å². The molecule has 2 aromatic heterocycles. The highest BCUT2D eigenvalue weighted by Crippen LogP contribution is 2.26. The van der Waals surface area contributed by atoms with Gasteiger partial charge in [-0.15, -0.1) is 0 Å². The molecule has 5 heteroatoms. The lowest BCUT2D eigenvalue weighted by atomic mass is 9.91. The van der Waals surface area contributed by atoms with E-state index in [1.165, 1.54) is 11.1 Å². The van der Waals surface area contributed by atoms with Crippen LogP contribution in [0.3, 0.4) is 0 Å². The Kier molecular flexibility index (Phi) is 4.60. The predicted octanol–water partition coefficient (Wildman–Crippen LogP) is 4.09. The van der Waals surface area contributed by atoms with Crippen LogP contribution in [0.2, 0.25) is 0 Å². The number of hydrogen-bond acceptors (Lipinski definition) is 4. The van der Waals surface area contributed by atoms with Crippen LogP contribution in [0.1, 0.15) is 24.0 Å². The molecule has 0 fully saturated rings. The average molecular weight is 343 g/mol.